The number of guanidine groups is 1. The van der Waals surface area contributed by atoms with Crippen molar-refractivity contribution in [1.29, 1.82) is 0 Å². The monoisotopic (exact) mass is 454 g/mol. The molecule has 0 bridgehead atoms. The molecule has 0 heterocycles. The van der Waals surface area contributed by atoms with Crippen molar-refractivity contribution < 1.29 is 22.8 Å². The van der Waals surface area contributed by atoms with Gasteiger partial charge in [0.05, 0.1) is 10.9 Å². The highest BCUT2D eigenvalue weighted by Gasteiger charge is 2.27. The summed E-state index contributed by atoms with van der Waals surface area (Å²) in [7, 11) is -3.90. The van der Waals surface area contributed by atoms with Crippen molar-refractivity contribution in [1.82, 2.24) is 15.4 Å². The van der Waals surface area contributed by atoms with E-state index in [0.29, 0.717) is 25.7 Å². The van der Waals surface area contributed by atoms with Crippen molar-refractivity contribution >= 4 is 34.1 Å². The number of carbonyl (C=O) groups excluding carboxylic acids is 3. The summed E-state index contributed by atoms with van der Waals surface area (Å²) in [4.78, 5) is 39.8. The smallest absolute Gasteiger partial charge is 0.242 e. The number of aldehydes is 1. The van der Waals surface area contributed by atoms with Gasteiger partial charge in [-0.15, -0.1) is 0 Å². The number of nitrogens with two attached hydrogens (primary N) is 2. The third-order valence-electron chi connectivity index (χ3n) is 4.29. The van der Waals surface area contributed by atoms with E-state index in [9.17, 15) is 22.8 Å². The van der Waals surface area contributed by atoms with Gasteiger partial charge in [0.15, 0.2) is 5.96 Å². The van der Waals surface area contributed by atoms with Gasteiger partial charge in [0.25, 0.3) is 0 Å². The first-order valence-electron chi connectivity index (χ1n) is 9.79. The molecule has 2 amide bonds. The Morgan fingerprint density at radius 2 is 1.77 bits per heavy atom. The second-order valence-corrected chi connectivity index (χ2v) is 8.54. The van der Waals surface area contributed by atoms with Crippen molar-refractivity contribution in [3.63, 3.8) is 0 Å². The third-order valence-corrected chi connectivity index (χ3v) is 5.77. The van der Waals surface area contributed by atoms with Gasteiger partial charge in [-0.1, -0.05) is 25.1 Å². The Morgan fingerprint density at radius 1 is 1.13 bits per heavy atom. The zero-order valence-corrected chi connectivity index (χ0v) is 18.4. The average molecular weight is 455 g/mol. The summed E-state index contributed by atoms with van der Waals surface area (Å²) >= 11 is 0. The van der Waals surface area contributed by atoms with Crippen molar-refractivity contribution in [2.75, 3.05) is 6.54 Å². The van der Waals surface area contributed by atoms with Gasteiger partial charge in [0, 0.05) is 6.54 Å². The van der Waals surface area contributed by atoms with Crippen LogP contribution < -0.4 is 26.8 Å². The Morgan fingerprint density at radius 3 is 2.32 bits per heavy atom. The number of carbonyl (C=O) groups is 3. The molecule has 11 nitrogen and oxygen atoms in total. The number of sulfonamides is 1. The second kappa shape index (κ2) is 12.6. The number of amides is 2. The van der Waals surface area contributed by atoms with Crippen LogP contribution in [-0.2, 0) is 24.4 Å². The molecule has 0 radical (unpaired) electrons. The number of aliphatic imine (C=N–C) groups is 1. The lowest BCUT2D eigenvalue weighted by molar-refractivity contribution is -0.130. The molecule has 0 spiro atoms. The molecule has 0 aliphatic carbocycles. The number of benzene rings is 1. The molecule has 0 aromatic heterocycles. The fourth-order valence-electron chi connectivity index (χ4n) is 2.56. The van der Waals surface area contributed by atoms with Gasteiger partial charge in [-0.05, 0) is 38.3 Å². The Hall–Kier alpha value is -2.99. The molecule has 0 aliphatic rings. The number of nitrogens with one attached hydrogen (secondary N) is 3. The van der Waals surface area contributed by atoms with Crippen LogP contribution in [0.3, 0.4) is 0 Å². The Bertz CT molecular complexity index is 871. The molecule has 3 atom stereocenters. The van der Waals surface area contributed by atoms with Gasteiger partial charge in [0.1, 0.15) is 18.4 Å². The fourth-order valence-corrected chi connectivity index (χ4v) is 3.86. The van der Waals surface area contributed by atoms with E-state index in [1.807, 2.05) is 0 Å². The molecule has 7 N–H and O–H groups in total. The van der Waals surface area contributed by atoms with E-state index in [2.05, 4.69) is 20.3 Å². The van der Waals surface area contributed by atoms with E-state index in [-0.39, 0.29) is 17.3 Å². The van der Waals surface area contributed by atoms with Crippen LogP contribution >= 0.6 is 0 Å². The zero-order valence-electron chi connectivity index (χ0n) is 17.6. The summed E-state index contributed by atoms with van der Waals surface area (Å²) in [5.41, 5.74) is 10.4. The topological polar surface area (TPSA) is 186 Å². The Kier molecular flexibility index (Phi) is 10.6. The first kappa shape index (κ1) is 26.0. The second-order valence-electron chi connectivity index (χ2n) is 6.83. The molecule has 172 valence electrons. The van der Waals surface area contributed by atoms with Crippen molar-refractivity contribution in [3.8, 4) is 0 Å². The molecule has 0 fully saturated rings. The highest BCUT2D eigenvalue weighted by molar-refractivity contribution is 7.89. The lowest BCUT2D eigenvalue weighted by Crippen LogP contribution is -2.53. The van der Waals surface area contributed by atoms with Crippen LogP contribution in [0.2, 0.25) is 0 Å². The van der Waals surface area contributed by atoms with Crippen LogP contribution in [0.4, 0.5) is 0 Å². The molecular formula is C19H30N6O5S. The van der Waals surface area contributed by atoms with E-state index in [0.717, 1.165) is 0 Å². The van der Waals surface area contributed by atoms with Crippen LogP contribution in [0, 0.1) is 0 Å². The van der Waals surface area contributed by atoms with E-state index in [4.69, 9.17) is 11.5 Å². The molecule has 1 aromatic carbocycles. The molecule has 1 rings (SSSR count). The lowest BCUT2D eigenvalue weighted by Gasteiger charge is -2.21. The van der Waals surface area contributed by atoms with Crippen molar-refractivity contribution in [2.45, 2.75) is 56.1 Å². The normalized spacial score (nSPS) is 14.0. The minimum Gasteiger partial charge on any atom is -0.370 e. The molecular weight excluding hydrogens is 424 g/mol. The summed E-state index contributed by atoms with van der Waals surface area (Å²) < 4.78 is 27.2. The number of rotatable bonds is 13. The molecule has 12 heteroatoms. The predicted octanol–water partition coefficient (Wildman–Crippen LogP) is -1.01. The lowest BCUT2D eigenvalue weighted by atomic mass is 10.1. The first-order valence-corrected chi connectivity index (χ1v) is 11.3. The summed E-state index contributed by atoms with van der Waals surface area (Å²) in [5, 5.41) is 4.99. The van der Waals surface area contributed by atoms with Crippen LogP contribution in [0.15, 0.2) is 40.2 Å². The van der Waals surface area contributed by atoms with Gasteiger partial charge in [-0.2, -0.15) is 4.72 Å². The fraction of sp³-hybridized carbons (Fsp3) is 0.474. The van der Waals surface area contributed by atoms with Crippen LogP contribution in [0.5, 0.6) is 0 Å². The molecule has 0 saturated carbocycles. The van der Waals surface area contributed by atoms with Gasteiger partial charge < -0.3 is 26.9 Å². The summed E-state index contributed by atoms with van der Waals surface area (Å²) in [6, 6.07) is 4.83. The summed E-state index contributed by atoms with van der Waals surface area (Å²) in [6.07, 6.45) is 1.56. The minimum absolute atomic E-state index is 0.0293. The van der Waals surface area contributed by atoms with Crippen molar-refractivity contribution in [3.05, 3.63) is 30.3 Å². The van der Waals surface area contributed by atoms with E-state index < -0.39 is 40.0 Å². The number of hydrogen-bond acceptors (Lipinski definition) is 6. The molecule has 0 saturated heterocycles. The summed E-state index contributed by atoms with van der Waals surface area (Å²) in [6.45, 7) is 3.39. The quantitative estimate of drug-likeness (QED) is 0.109. The number of hydrogen-bond donors (Lipinski definition) is 5. The highest BCUT2D eigenvalue weighted by Crippen LogP contribution is 2.09. The first-order chi connectivity index (χ1) is 14.6. The van der Waals surface area contributed by atoms with Crippen molar-refractivity contribution in [2.24, 2.45) is 16.5 Å². The van der Waals surface area contributed by atoms with Crippen LogP contribution in [0.25, 0.3) is 0 Å². The van der Waals surface area contributed by atoms with Crippen LogP contribution in [0.1, 0.15) is 33.1 Å². The summed E-state index contributed by atoms with van der Waals surface area (Å²) in [5.74, 6) is -1.29. The SMILES string of the molecule is CCC(NS(=O)(=O)c1ccccc1)C(=O)NC(C)C(=O)NC(C=O)CCCN=C(N)N. The van der Waals surface area contributed by atoms with Gasteiger partial charge >= 0.3 is 0 Å². The van der Waals surface area contributed by atoms with Gasteiger partial charge in [-0.3, -0.25) is 14.6 Å². The van der Waals surface area contributed by atoms with Crippen LogP contribution in [-0.4, -0.2) is 57.1 Å². The third kappa shape index (κ3) is 9.13. The predicted molar refractivity (Wildman–Crippen MR) is 116 cm³/mol. The minimum atomic E-state index is -3.90. The maximum absolute atomic E-state index is 12.5. The Balaban J connectivity index is 2.64. The maximum atomic E-state index is 12.5. The zero-order chi connectivity index (χ0) is 23.4. The van der Waals surface area contributed by atoms with E-state index in [1.165, 1.54) is 19.1 Å². The largest absolute Gasteiger partial charge is 0.370 e. The molecule has 1 aromatic rings. The van der Waals surface area contributed by atoms with Gasteiger partial charge in [-0.25, -0.2) is 8.42 Å². The highest BCUT2D eigenvalue weighted by atomic mass is 32.2. The average Bonchev–Trinajstić information content (AvgIpc) is 2.74. The standard InChI is InChI=1S/C19H30N6O5S/c1-3-16(25-31(29,30)15-9-5-4-6-10-15)18(28)23-13(2)17(27)24-14(12-26)8-7-11-22-19(20)21/h4-6,9-10,12-14,16,25H,3,7-8,11H2,1-2H3,(H,23,28)(H,24,27)(H4,20,21,22). The number of nitrogens with zero attached hydrogens (tertiary/aromatic N) is 1. The van der Waals surface area contributed by atoms with Gasteiger partial charge in [0.2, 0.25) is 21.8 Å². The molecule has 31 heavy (non-hydrogen) atoms. The maximum Gasteiger partial charge on any atom is 0.242 e. The molecule has 0 aliphatic heterocycles. The van der Waals surface area contributed by atoms with E-state index >= 15 is 0 Å². The Labute approximate surface area is 182 Å². The van der Waals surface area contributed by atoms with E-state index in [1.54, 1.807) is 25.1 Å². The molecule has 3 unspecified atom stereocenters.